The number of aromatic nitrogens is 1. The molecule has 1 amide bonds. The number of fused-ring (bicyclic) bond motifs is 1. The summed E-state index contributed by atoms with van der Waals surface area (Å²) in [6.45, 7) is 9.57. The van der Waals surface area contributed by atoms with Crippen molar-refractivity contribution in [3.63, 3.8) is 0 Å². The number of furan rings is 1. The molecule has 2 aromatic heterocycles. The number of pyridine rings is 1. The Morgan fingerprint density at radius 3 is 2.64 bits per heavy atom. The summed E-state index contributed by atoms with van der Waals surface area (Å²) in [6.07, 6.45) is 3.94. The summed E-state index contributed by atoms with van der Waals surface area (Å²) < 4.78 is 5.74. The number of hydrogen-bond donors (Lipinski definition) is 0. The first-order valence-corrected chi connectivity index (χ1v) is 9.97. The van der Waals surface area contributed by atoms with Crippen molar-refractivity contribution in [2.75, 3.05) is 31.1 Å². The molecule has 0 spiro atoms. The minimum absolute atomic E-state index is 0.162. The summed E-state index contributed by atoms with van der Waals surface area (Å²) in [6, 6.07) is 10.2. The molecule has 0 aliphatic carbocycles. The first-order valence-electron chi connectivity index (χ1n) is 9.97. The summed E-state index contributed by atoms with van der Waals surface area (Å²) in [4.78, 5) is 21.5. The van der Waals surface area contributed by atoms with E-state index in [0.29, 0.717) is 12.3 Å². The lowest BCUT2D eigenvalue weighted by Crippen LogP contribution is -2.49. The van der Waals surface area contributed by atoms with Crippen molar-refractivity contribution in [2.45, 2.75) is 33.1 Å². The molecule has 4 rings (SSSR count). The zero-order valence-corrected chi connectivity index (χ0v) is 16.8. The zero-order valence-electron chi connectivity index (χ0n) is 16.8. The van der Waals surface area contributed by atoms with Crippen molar-refractivity contribution in [1.29, 1.82) is 0 Å². The maximum absolute atomic E-state index is 12.9. The van der Waals surface area contributed by atoms with Crippen LogP contribution in [0, 0.1) is 6.92 Å². The quantitative estimate of drug-likeness (QED) is 0.685. The van der Waals surface area contributed by atoms with Gasteiger partial charge < -0.3 is 14.2 Å². The van der Waals surface area contributed by atoms with E-state index in [1.807, 2.05) is 29.3 Å². The topological polar surface area (TPSA) is 49.6 Å². The number of carbonyl (C=O) groups excluding carboxylic acids is 1. The Labute approximate surface area is 166 Å². The van der Waals surface area contributed by atoms with E-state index in [2.05, 4.69) is 42.8 Å². The van der Waals surface area contributed by atoms with Crippen molar-refractivity contribution in [2.24, 2.45) is 0 Å². The van der Waals surface area contributed by atoms with Crippen LogP contribution in [0.5, 0.6) is 0 Å². The molecule has 3 aromatic rings. The molecule has 5 nitrogen and oxygen atoms in total. The summed E-state index contributed by atoms with van der Waals surface area (Å²) in [7, 11) is 0. The number of rotatable bonds is 4. The van der Waals surface area contributed by atoms with E-state index in [4.69, 9.17) is 4.42 Å². The van der Waals surface area contributed by atoms with Gasteiger partial charge in [0.15, 0.2) is 0 Å². The fraction of sp³-hybridized carbons (Fsp3) is 0.391. The standard InChI is InChI=1S/C23H27N3O2/c1-16(2)19-14-20-18(15-28-21(20)12-17(19)3)13-23(27)26-10-8-25(9-11-26)22-6-4-5-7-24-22/h4-7,12,14-16H,8-11,13H2,1-3H3. The van der Waals surface area contributed by atoms with Crippen LogP contribution >= 0.6 is 0 Å². The van der Waals surface area contributed by atoms with Crippen molar-refractivity contribution in [3.8, 4) is 0 Å². The Morgan fingerprint density at radius 2 is 1.96 bits per heavy atom. The molecule has 28 heavy (non-hydrogen) atoms. The van der Waals surface area contributed by atoms with E-state index in [1.54, 1.807) is 6.26 Å². The van der Waals surface area contributed by atoms with Crippen molar-refractivity contribution >= 4 is 22.7 Å². The number of nitrogens with zero attached hydrogens (tertiary/aromatic N) is 3. The molecular formula is C23H27N3O2. The molecule has 0 saturated carbocycles. The lowest BCUT2D eigenvalue weighted by molar-refractivity contribution is -0.130. The van der Waals surface area contributed by atoms with E-state index in [-0.39, 0.29) is 5.91 Å². The first-order chi connectivity index (χ1) is 13.5. The largest absolute Gasteiger partial charge is 0.464 e. The van der Waals surface area contributed by atoms with Gasteiger partial charge in [0.25, 0.3) is 0 Å². The summed E-state index contributed by atoms with van der Waals surface area (Å²) in [5.41, 5.74) is 4.39. The Morgan fingerprint density at radius 1 is 1.18 bits per heavy atom. The lowest BCUT2D eigenvalue weighted by atomic mass is 9.95. The predicted molar refractivity (Wildman–Crippen MR) is 112 cm³/mol. The van der Waals surface area contributed by atoms with E-state index in [9.17, 15) is 4.79 Å². The van der Waals surface area contributed by atoms with Crippen LogP contribution in [0.1, 0.15) is 36.5 Å². The van der Waals surface area contributed by atoms with Crippen LogP contribution in [0.25, 0.3) is 11.0 Å². The number of piperazine rings is 1. The molecule has 0 unspecified atom stereocenters. The second kappa shape index (κ2) is 7.66. The third-order valence-electron chi connectivity index (χ3n) is 5.61. The van der Waals surface area contributed by atoms with Crippen molar-refractivity contribution in [1.82, 2.24) is 9.88 Å². The molecule has 0 N–H and O–H groups in total. The number of carbonyl (C=O) groups is 1. The van der Waals surface area contributed by atoms with Gasteiger partial charge in [-0.05, 0) is 48.2 Å². The molecular weight excluding hydrogens is 350 g/mol. The van der Waals surface area contributed by atoms with Crippen molar-refractivity contribution < 1.29 is 9.21 Å². The van der Waals surface area contributed by atoms with E-state index < -0.39 is 0 Å². The van der Waals surface area contributed by atoms with Gasteiger partial charge in [-0.1, -0.05) is 19.9 Å². The van der Waals surface area contributed by atoms with E-state index in [1.165, 1.54) is 11.1 Å². The highest BCUT2D eigenvalue weighted by Crippen LogP contribution is 2.29. The minimum atomic E-state index is 0.162. The summed E-state index contributed by atoms with van der Waals surface area (Å²) in [5.74, 6) is 1.59. The van der Waals surface area contributed by atoms with Gasteiger partial charge in [-0.15, -0.1) is 0 Å². The van der Waals surface area contributed by atoms with Crippen LogP contribution in [-0.2, 0) is 11.2 Å². The van der Waals surface area contributed by atoms with Gasteiger partial charge >= 0.3 is 0 Å². The molecule has 0 atom stereocenters. The number of hydrogen-bond acceptors (Lipinski definition) is 4. The van der Waals surface area contributed by atoms with Crippen LogP contribution in [-0.4, -0.2) is 42.0 Å². The average molecular weight is 377 g/mol. The van der Waals surface area contributed by atoms with Crippen LogP contribution in [0.2, 0.25) is 0 Å². The number of benzene rings is 1. The van der Waals surface area contributed by atoms with Crippen LogP contribution in [0.4, 0.5) is 5.82 Å². The van der Waals surface area contributed by atoms with Gasteiger partial charge in [0.2, 0.25) is 5.91 Å². The summed E-state index contributed by atoms with van der Waals surface area (Å²) >= 11 is 0. The van der Waals surface area contributed by atoms with Gasteiger partial charge in [0.05, 0.1) is 12.7 Å². The molecule has 1 fully saturated rings. The Hall–Kier alpha value is -2.82. The zero-order chi connectivity index (χ0) is 19.7. The van der Waals surface area contributed by atoms with Gasteiger partial charge in [-0.3, -0.25) is 4.79 Å². The molecule has 5 heteroatoms. The molecule has 1 aromatic carbocycles. The number of amides is 1. The Bertz CT molecular complexity index is 970. The number of anilines is 1. The highest BCUT2D eigenvalue weighted by atomic mass is 16.3. The predicted octanol–water partition coefficient (Wildman–Crippen LogP) is 4.15. The van der Waals surface area contributed by atoms with Crippen molar-refractivity contribution in [3.05, 3.63) is 59.5 Å². The average Bonchev–Trinajstić information content (AvgIpc) is 3.09. The third kappa shape index (κ3) is 3.61. The van der Waals surface area contributed by atoms with Gasteiger partial charge in [0.1, 0.15) is 11.4 Å². The normalized spacial score (nSPS) is 14.9. The first kappa shape index (κ1) is 18.5. The second-order valence-electron chi connectivity index (χ2n) is 7.85. The highest BCUT2D eigenvalue weighted by Gasteiger charge is 2.23. The van der Waals surface area contributed by atoms with Crippen LogP contribution in [0.15, 0.2) is 47.2 Å². The molecule has 0 bridgehead atoms. The SMILES string of the molecule is Cc1cc2occ(CC(=O)N3CCN(c4ccccn4)CC3)c2cc1C(C)C. The molecule has 146 valence electrons. The fourth-order valence-electron chi connectivity index (χ4n) is 4.00. The second-order valence-corrected chi connectivity index (χ2v) is 7.85. The highest BCUT2D eigenvalue weighted by molar-refractivity contribution is 5.88. The molecule has 1 aliphatic heterocycles. The maximum Gasteiger partial charge on any atom is 0.227 e. The van der Waals surface area contributed by atoms with E-state index in [0.717, 1.165) is 48.5 Å². The molecule has 1 saturated heterocycles. The molecule has 1 aliphatic rings. The van der Waals surface area contributed by atoms with Crippen LogP contribution in [0.3, 0.4) is 0 Å². The fourth-order valence-corrected chi connectivity index (χ4v) is 4.00. The van der Waals surface area contributed by atoms with Gasteiger partial charge in [-0.25, -0.2) is 4.98 Å². The summed E-state index contributed by atoms with van der Waals surface area (Å²) in [5, 5.41) is 1.06. The Kier molecular flexibility index (Phi) is 5.07. The lowest BCUT2D eigenvalue weighted by Gasteiger charge is -2.35. The smallest absolute Gasteiger partial charge is 0.227 e. The van der Waals surface area contributed by atoms with E-state index >= 15 is 0 Å². The van der Waals surface area contributed by atoms with Gasteiger partial charge in [0, 0.05) is 43.3 Å². The molecule has 0 radical (unpaired) electrons. The third-order valence-corrected chi connectivity index (χ3v) is 5.61. The Balaban J connectivity index is 1.45. The molecule has 3 heterocycles. The monoisotopic (exact) mass is 377 g/mol. The van der Waals surface area contributed by atoms with Gasteiger partial charge in [-0.2, -0.15) is 0 Å². The maximum atomic E-state index is 12.9. The minimum Gasteiger partial charge on any atom is -0.464 e. The van der Waals surface area contributed by atoms with Crippen LogP contribution < -0.4 is 4.90 Å². The number of aryl methyl sites for hydroxylation is 1.